The Kier molecular flexibility index (Phi) is 9.71. The van der Waals surface area contributed by atoms with Gasteiger partial charge in [0, 0.05) is 54.0 Å². The second-order valence-corrected chi connectivity index (χ2v) is 11.4. The first-order chi connectivity index (χ1) is 23.0. The lowest BCUT2D eigenvalue weighted by Crippen LogP contribution is -2.32. The van der Waals surface area contributed by atoms with Crippen LogP contribution in [0.2, 0.25) is 0 Å². The van der Waals surface area contributed by atoms with Gasteiger partial charge in [-0.3, -0.25) is 24.3 Å². The second kappa shape index (κ2) is 14.4. The van der Waals surface area contributed by atoms with Crippen molar-refractivity contribution < 1.29 is 14.3 Å². The summed E-state index contributed by atoms with van der Waals surface area (Å²) < 4.78 is 13.3. The molecule has 1 fully saturated rings. The van der Waals surface area contributed by atoms with Crippen molar-refractivity contribution in [2.45, 2.75) is 39.3 Å². The molecular weight excluding hydrogens is 592 g/mol. The second-order valence-electron chi connectivity index (χ2n) is 11.4. The minimum atomic E-state index is -0.275. The van der Waals surface area contributed by atoms with Crippen molar-refractivity contribution in [2.24, 2.45) is 0 Å². The monoisotopic (exact) mass is 630 g/mol. The highest BCUT2D eigenvalue weighted by Gasteiger charge is 2.20. The van der Waals surface area contributed by atoms with Crippen LogP contribution in [0.3, 0.4) is 0 Å². The van der Waals surface area contributed by atoms with Crippen LogP contribution in [0.1, 0.15) is 37.2 Å². The smallest absolute Gasteiger partial charge is 0.248 e. The highest BCUT2D eigenvalue weighted by molar-refractivity contribution is 6.05. The van der Waals surface area contributed by atoms with E-state index in [1.54, 1.807) is 6.20 Å². The molecule has 240 valence electrons. The molecule has 1 aliphatic heterocycles. The lowest BCUT2D eigenvalue weighted by atomic mass is 10.0. The zero-order valence-electron chi connectivity index (χ0n) is 26.9. The maximum Gasteiger partial charge on any atom is 0.248 e. The quantitative estimate of drug-likeness (QED) is 0.164. The first kappa shape index (κ1) is 31.7. The van der Waals surface area contributed by atoms with Gasteiger partial charge in [-0.05, 0) is 63.2 Å². The van der Waals surface area contributed by atoms with Crippen LogP contribution >= 0.6 is 0 Å². The maximum atomic E-state index is 13.1. The van der Waals surface area contributed by atoms with Gasteiger partial charge in [0.1, 0.15) is 11.8 Å². The molecule has 5 aromatic rings. The molecule has 2 N–H and O–H groups in total. The number of rotatable bonds is 12. The fraction of sp³-hybridized carbons (Fsp3) is 0.306. The highest BCUT2D eigenvalue weighted by Crippen LogP contribution is 2.38. The number of hydrogen-bond donors (Lipinski definition) is 2. The van der Waals surface area contributed by atoms with Gasteiger partial charge in [-0.2, -0.15) is 10.4 Å². The molecule has 1 atom stereocenters. The largest absolute Gasteiger partial charge is 0.492 e. The summed E-state index contributed by atoms with van der Waals surface area (Å²) in [6, 6.07) is 18.2. The summed E-state index contributed by atoms with van der Waals surface area (Å²) in [5, 5.41) is 23.0. The Balaban J connectivity index is 1.31. The lowest BCUT2D eigenvalue weighted by molar-refractivity contribution is -0.111. The standard InChI is InChI=1S/C36H38N8O3/c1-4-30-29(20-37)36(40-25-11-12-33-24(17-25)21-39-44(33)22-26-9-6-7-14-38-26)28-18-32(34(47-5-2)19-31(28)41-30)42-35(45)10-8-15-43(3)27-13-16-46-23-27/h6-12,14,17-19,21,27H,4-5,13,15-16,22-23H2,1-3H3,(H,40,41)(H,42,45)/b10-8+/t27-/m1/s1. The number of likely N-dealkylation sites (N-methyl/N-ethyl adjacent to an activating group) is 1. The lowest BCUT2D eigenvalue weighted by Gasteiger charge is -2.20. The Morgan fingerprint density at radius 1 is 1.23 bits per heavy atom. The van der Waals surface area contributed by atoms with Crippen molar-refractivity contribution in [1.29, 1.82) is 5.26 Å². The Morgan fingerprint density at radius 3 is 2.87 bits per heavy atom. The molecule has 3 aromatic heterocycles. The third-order valence-corrected chi connectivity index (χ3v) is 8.31. The van der Waals surface area contributed by atoms with Crippen LogP contribution in [0, 0.1) is 11.3 Å². The summed E-state index contributed by atoms with van der Waals surface area (Å²) >= 11 is 0. The SMILES string of the molecule is CCOc1cc2nc(CC)c(C#N)c(Nc3ccc4c(cnn4Cc4ccccn4)c3)c2cc1NC(=O)/C=C/CN(C)[C@@H]1CCOC1. The Hall–Kier alpha value is -5.31. The first-order valence-corrected chi connectivity index (χ1v) is 15.9. The molecule has 1 aliphatic rings. The van der Waals surface area contributed by atoms with Crippen LogP contribution in [0.25, 0.3) is 21.8 Å². The molecule has 0 radical (unpaired) electrons. The van der Waals surface area contributed by atoms with E-state index < -0.39 is 0 Å². The van der Waals surface area contributed by atoms with Crippen LogP contribution < -0.4 is 15.4 Å². The summed E-state index contributed by atoms with van der Waals surface area (Å²) in [6.45, 7) is 6.95. The molecule has 2 aromatic carbocycles. The average Bonchev–Trinajstić information content (AvgIpc) is 3.76. The number of amides is 1. The number of aryl methyl sites for hydroxylation is 1. The van der Waals surface area contributed by atoms with E-state index in [-0.39, 0.29) is 5.91 Å². The van der Waals surface area contributed by atoms with Gasteiger partial charge >= 0.3 is 0 Å². The van der Waals surface area contributed by atoms with E-state index >= 15 is 0 Å². The Labute approximate surface area is 273 Å². The van der Waals surface area contributed by atoms with Gasteiger partial charge in [-0.15, -0.1) is 0 Å². The van der Waals surface area contributed by atoms with E-state index in [0.29, 0.717) is 78.1 Å². The minimum Gasteiger partial charge on any atom is -0.492 e. The summed E-state index contributed by atoms with van der Waals surface area (Å²) in [7, 11) is 2.03. The van der Waals surface area contributed by atoms with Gasteiger partial charge in [0.15, 0.2) is 0 Å². The molecule has 0 spiro atoms. The number of carbonyl (C=O) groups excluding carboxylic acids is 1. The third-order valence-electron chi connectivity index (χ3n) is 8.31. The molecule has 11 nitrogen and oxygen atoms in total. The van der Waals surface area contributed by atoms with Gasteiger partial charge in [-0.25, -0.2) is 0 Å². The van der Waals surface area contributed by atoms with E-state index in [4.69, 9.17) is 14.5 Å². The number of nitrogens with zero attached hydrogens (tertiary/aromatic N) is 6. The molecule has 0 bridgehead atoms. The fourth-order valence-corrected chi connectivity index (χ4v) is 5.82. The number of aromatic nitrogens is 4. The van der Waals surface area contributed by atoms with E-state index in [2.05, 4.69) is 31.7 Å². The van der Waals surface area contributed by atoms with Crippen LogP contribution in [-0.4, -0.2) is 70.0 Å². The number of benzene rings is 2. The van der Waals surface area contributed by atoms with Crippen LogP contribution in [-0.2, 0) is 22.5 Å². The predicted octanol–water partition coefficient (Wildman–Crippen LogP) is 5.82. The molecule has 47 heavy (non-hydrogen) atoms. The molecule has 0 aliphatic carbocycles. The fourth-order valence-electron chi connectivity index (χ4n) is 5.82. The van der Waals surface area contributed by atoms with E-state index in [9.17, 15) is 10.1 Å². The van der Waals surface area contributed by atoms with E-state index in [1.807, 2.05) is 86.4 Å². The van der Waals surface area contributed by atoms with Gasteiger partial charge in [0.05, 0.1) is 65.3 Å². The number of nitrogens with one attached hydrogen (secondary N) is 2. The summed E-state index contributed by atoms with van der Waals surface area (Å²) in [6.07, 6.45) is 8.54. The van der Waals surface area contributed by atoms with Crippen molar-refractivity contribution >= 4 is 44.8 Å². The molecule has 0 unspecified atom stereocenters. The maximum absolute atomic E-state index is 13.1. The van der Waals surface area contributed by atoms with Gasteiger partial charge < -0.3 is 20.1 Å². The van der Waals surface area contributed by atoms with Gasteiger partial charge in [-0.1, -0.05) is 19.1 Å². The van der Waals surface area contributed by atoms with Crippen LogP contribution in [0.15, 0.2) is 73.1 Å². The van der Waals surface area contributed by atoms with Gasteiger partial charge in [0.2, 0.25) is 5.91 Å². The Morgan fingerprint density at radius 2 is 2.13 bits per heavy atom. The molecule has 1 amide bonds. The third kappa shape index (κ3) is 7.09. The summed E-state index contributed by atoms with van der Waals surface area (Å²) in [5.41, 5.74) is 5.57. The number of hydrogen-bond acceptors (Lipinski definition) is 9. The number of pyridine rings is 2. The molecule has 1 saturated heterocycles. The van der Waals surface area contributed by atoms with Crippen molar-refractivity contribution in [3.8, 4) is 11.8 Å². The normalized spacial score (nSPS) is 14.7. The van der Waals surface area contributed by atoms with Gasteiger partial charge in [0.25, 0.3) is 0 Å². The van der Waals surface area contributed by atoms with E-state index in [1.165, 1.54) is 6.08 Å². The molecule has 4 heterocycles. The number of fused-ring (bicyclic) bond motifs is 2. The Bertz CT molecular complexity index is 1960. The van der Waals surface area contributed by atoms with E-state index in [0.717, 1.165) is 35.3 Å². The molecule has 0 saturated carbocycles. The zero-order chi connectivity index (χ0) is 32.8. The molecular formula is C36H38N8O3. The molecule has 11 heteroatoms. The van der Waals surface area contributed by atoms with Crippen molar-refractivity contribution in [1.82, 2.24) is 24.6 Å². The topological polar surface area (TPSA) is 130 Å². The van der Waals surface area contributed by atoms with Crippen molar-refractivity contribution in [3.63, 3.8) is 0 Å². The average molecular weight is 631 g/mol. The van der Waals surface area contributed by atoms with Crippen LogP contribution in [0.5, 0.6) is 5.75 Å². The highest BCUT2D eigenvalue weighted by atomic mass is 16.5. The van der Waals surface area contributed by atoms with Crippen molar-refractivity contribution in [2.75, 3.05) is 44.0 Å². The zero-order valence-corrected chi connectivity index (χ0v) is 26.9. The number of anilines is 3. The number of ether oxygens (including phenoxy) is 2. The molecule has 6 rings (SSSR count). The predicted molar refractivity (Wildman–Crippen MR) is 183 cm³/mol. The summed E-state index contributed by atoms with van der Waals surface area (Å²) in [4.78, 5) is 24.5. The number of carbonyl (C=O) groups is 1. The summed E-state index contributed by atoms with van der Waals surface area (Å²) in [5.74, 6) is 0.233. The first-order valence-electron chi connectivity index (χ1n) is 15.9. The van der Waals surface area contributed by atoms with Crippen LogP contribution in [0.4, 0.5) is 17.1 Å². The van der Waals surface area contributed by atoms with Crippen molar-refractivity contribution in [3.05, 3.63) is 90.0 Å². The number of nitriles is 1. The minimum absolute atomic E-state index is 0.275.